The molecule has 0 saturated carbocycles. The number of ether oxygens (including phenoxy) is 1. The highest BCUT2D eigenvalue weighted by molar-refractivity contribution is 7.80. The van der Waals surface area contributed by atoms with Crippen LogP contribution >= 0.6 is 23.6 Å². The maximum absolute atomic E-state index is 12.0. The lowest BCUT2D eigenvalue weighted by Crippen LogP contribution is -2.38. The van der Waals surface area contributed by atoms with E-state index in [0.29, 0.717) is 18.0 Å². The molecule has 2 rings (SSSR count). The standard InChI is InChI=1S/C12H16N4O3S2/c1-6(3-8-4-7(2)19-10(8)18)9(17)14-11(20)15-12-16-13-5-21-12/h5-8H,3-4H2,1-2H3,(H2,14,15,16,17,20)/t6-,7-,8+/m1/s1. The number of cyclic esters (lactones) is 1. The van der Waals surface area contributed by atoms with Crippen molar-refractivity contribution >= 4 is 45.7 Å². The Hall–Kier alpha value is -1.61. The van der Waals surface area contributed by atoms with E-state index in [-0.39, 0.29) is 34.9 Å². The number of esters is 1. The molecule has 0 unspecified atom stereocenters. The second-order valence-corrected chi connectivity index (χ2v) is 6.25. The molecule has 1 amide bonds. The predicted molar refractivity (Wildman–Crippen MR) is 81.7 cm³/mol. The highest BCUT2D eigenvalue weighted by atomic mass is 32.1. The molecular formula is C12H16N4O3S2. The van der Waals surface area contributed by atoms with Crippen molar-refractivity contribution in [2.45, 2.75) is 32.8 Å². The number of anilines is 1. The van der Waals surface area contributed by atoms with Crippen molar-refractivity contribution in [2.24, 2.45) is 11.8 Å². The molecule has 1 aliphatic heterocycles. The summed E-state index contributed by atoms with van der Waals surface area (Å²) in [5.41, 5.74) is 1.56. The van der Waals surface area contributed by atoms with Crippen LogP contribution in [0, 0.1) is 11.8 Å². The zero-order valence-electron chi connectivity index (χ0n) is 11.7. The molecular weight excluding hydrogens is 312 g/mol. The maximum atomic E-state index is 12.0. The van der Waals surface area contributed by atoms with Crippen LogP contribution in [-0.4, -0.2) is 33.3 Å². The summed E-state index contributed by atoms with van der Waals surface area (Å²) in [5, 5.41) is 13.5. The largest absolute Gasteiger partial charge is 0.462 e. The molecule has 9 heteroatoms. The summed E-state index contributed by atoms with van der Waals surface area (Å²) in [7, 11) is 0. The number of nitrogens with one attached hydrogen (secondary N) is 2. The molecule has 1 aromatic heterocycles. The first-order chi connectivity index (χ1) is 9.95. The van der Waals surface area contributed by atoms with E-state index in [0.717, 1.165) is 0 Å². The van der Waals surface area contributed by atoms with Crippen LogP contribution in [0.3, 0.4) is 0 Å². The van der Waals surface area contributed by atoms with Crippen LogP contribution in [0.2, 0.25) is 0 Å². The topological polar surface area (TPSA) is 93.2 Å². The minimum absolute atomic E-state index is 0.0714. The lowest BCUT2D eigenvalue weighted by atomic mass is 9.93. The van der Waals surface area contributed by atoms with Crippen LogP contribution in [0.1, 0.15) is 26.7 Å². The van der Waals surface area contributed by atoms with Crippen molar-refractivity contribution in [2.75, 3.05) is 5.32 Å². The quantitative estimate of drug-likeness (QED) is 0.636. The Bertz CT molecular complexity index is 535. The van der Waals surface area contributed by atoms with Gasteiger partial charge in [0.1, 0.15) is 5.51 Å². The first-order valence-corrected chi connectivity index (χ1v) is 7.83. The average molecular weight is 328 g/mol. The number of carbonyl (C=O) groups excluding carboxylic acids is 2. The molecule has 1 saturated heterocycles. The molecule has 2 heterocycles. The molecule has 7 nitrogen and oxygen atoms in total. The monoisotopic (exact) mass is 328 g/mol. The van der Waals surface area contributed by atoms with Gasteiger partial charge in [-0.15, -0.1) is 10.2 Å². The molecule has 1 aliphatic rings. The fourth-order valence-electron chi connectivity index (χ4n) is 2.16. The predicted octanol–water partition coefficient (Wildman–Crippen LogP) is 1.33. The molecule has 1 fully saturated rings. The van der Waals surface area contributed by atoms with E-state index in [9.17, 15) is 9.59 Å². The number of aromatic nitrogens is 2. The molecule has 21 heavy (non-hydrogen) atoms. The molecule has 2 N–H and O–H groups in total. The lowest BCUT2D eigenvalue weighted by Gasteiger charge is -2.14. The smallest absolute Gasteiger partial charge is 0.309 e. The normalized spacial score (nSPS) is 22.5. The van der Waals surface area contributed by atoms with Crippen LogP contribution < -0.4 is 10.6 Å². The first kappa shape index (κ1) is 15.8. The van der Waals surface area contributed by atoms with Crippen molar-refractivity contribution in [1.29, 1.82) is 0 Å². The Morgan fingerprint density at radius 1 is 1.67 bits per heavy atom. The van der Waals surface area contributed by atoms with Gasteiger partial charge < -0.3 is 15.4 Å². The van der Waals surface area contributed by atoms with Gasteiger partial charge in [-0.2, -0.15) is 0 Å². The molecule has 0 aliphatic carbocycles. The maximum Gasteiger partial charge on any atom is 0.309 e. The third-order valence-corrected chi connectivity index (χ3v) is 3.98. The van der Waals surface area contributed by atoms with Crippen LogP contribution in [0.5, 0.6) is 0 Å². The Morgan fingerprint density at radius 2 is 2.43 bits per heavy atom. The zero-order valence-corrected chi connectivity index (χ0v) is 13.3. The van der Waals surface area contributed by atoms with Crippen LogP contribution in [-0.2, 0) is 14.3 Å². The second-order valence-electron chi connectivity index (χ2n) is 5.00. The number of amides is 1. The van der Waals surface area contributed by atoms with E-state index in [1.54, 1.807) is 12.4 Å². The first-order valence-electron chi connectivity index (χ1n) is 6.54. The molecule has 0 aromatic carbocycles. The fraction of sp³-hybridized carbons (Fsp3) is 0.583. The molecule has 114 valence electrons. The number of carbonyl (C=O) groups is 2. The van der Waals surface area contributed by atoms with Gasteiger partial charge in [-0.1, -0.05) is 18.3 Å². The highest BCUT2D eigenvalue weighted by Gasteiger charge is 2.34. The summed E-state index contributed by atoms with van der Waals surface area (Å²) >= 11 is 6.31. The van der Waals surface area contributed by atoms with Crippen LogP contribution in [0.25, 0.3) is 0 Å². The molecule has 1 aromatic rings. The van der Waals surface area contributed by atoms with E-state index in [4.69, 9.17) is 17.0 Å². The Labute approximate surface area is 131 Å². The Morgan fingerprint density at radius 3 is 3.00 bits per heavy atom. The minimum Gasteiger partial charge on any atom is -0.462 e. The molecule has 3 atom stereocenters. The number of thiocarbonyl (C=S) groups is 1. The Balaban J connectivity index is 1.79. The summed E-state index contributed by atoms with van der Waals surface area (Å²) in [6, 6.07) is 0. The lowest BCUT2D eigenvalue weighted by molar-refractivity contribution is -0.144. The van der Waals surface area contributed by atoms with Gasteiger partial charge in [0.05, 0.1) is 12.0 Å². The highest BCUT2D eigenvalue weighted by Crippen LogP contribution is 2.26. The third kappa shape index (κ3) is 4.43. The van der Waals surface area contributed by atoms with E-state index in [1.165, 1.54) is 11.3 Å². The van der Waals surface area contributed by atoms with Gasteiger partial charge in [-0.3, -0.25) is 9.59 Å². The summed E-state index contributed by atoms with van der Waals surface area (Å²) in [6.07, 6.45) is 1.04. The SMILES string of the molecule is C[C@@H]1C[C@H](C[C@@H](C)C(=O)NC(=S)Nc2nncs2)C(=O)O1. The summed E-state index contributed by atoms with van der Waals surface area (Å²) in [4.78, 5) is 23.6. The van der Waals surface area contributed by atoms with Crippen LogP contribution in [0.15, 0.2) is 5.51 Å². The number of rotatable bonds is 4. The van der Waals surface area contributed by atoms with Gasteiger partial charge in [0, 0.05) is 5.92 Å². The number of hydrogen-bond donors (Lipinski definition) is 2. The third-order valence-electron chi connectivity index (χ3n) is 3.17. The van der Waals surface area contributed by atoms with Crippen molar-refractivity contribution < 1.29 is 14.3 Å². The van der Waals surface area contributed by atoms with Crippen LogP contribution in [0.4, 0.5) is 5.13 Å². The van der Waals surface area contributed by atoms with Gasteiger partial charge in [-0.25, -0.2) is 0 Å². The van der Waals surface area contributed by atoms with E-state index in [2.05, 4.69) is 20.8 Å². The van der Waals surface area contributed by atoms with Crippen molar-refractivity contribution in [3.63, 3.8) is 0 Å². The fourth-order valence-corrected chi connectivity index (χ4v) is 2.87. The van der Waals surface area contributed by atoms with Gasteiger partial charge in [0.15, 0.2) is 5.11 Å². The van der Waals surface area contributed by atoms with Crippen molar-refractivity contribution in [1.82, 2.24) is 15.5 Å². The van der Waals surface area contributed by atoms with E-state index in [1.807, 2.05) is 6.92 Å². The van der Waals surface area contributed by atoms with Gasteiger partial charge in [0.2, 0.25) is 11.0 Å². The summed E-state index contributed by atoms with van der Waals surface area (Å²) < 4.78 is 5.08. The minimum atomic E-state index is -0.331. The molecule has 0 spiro atoms. The van der Waals surface area contributed by atoms with Gasteiger partial charge >= 0.3 is 5.97 Å². The van der Waals surface area contributed by atoms with Gasteiger partial charge in [0.25, 0.3) is 0 Å². The van der Waals surface area contributed by atoms with Gasteiger partial charge in [-0.05, 0) is 32.0 Å². The number of hydrogen-bond acceptors (Lipinski definition) is 7. The summed E-state index contributed by atoms with van der Waals surface area (Å²) in [6.45, 7) is 3.61. The Kier molecular flexibility index (Phi) is 5.18. The van der Waals surface area contributed by atoms with Crippen molar-refractivity contribution in [3.05, 3.63) is 5.51 Å². The van der Waals surface area contributed by atoms with E-state index < -0.39 is 0 Å². The average Bonchev–Trinajstić information content (AvgIpc) is 2.99. The molecule has 0 radical (unpaired) electrons. The van der Waals surface area contributed by atoms with Crippen molar-refractivity contribution in [3.8, 4) is 0 Å². The molecule has 0 bridgehead atoms. The zero-order chi connectivity index (χ0) is 15.4. The van der Waals surface area contributed by atoms with E-state index >= 15 is 0 Å². The second kappa shape index (κ2) is 6.90. The number of nitrogens with zero attached hydrogens (tertiary/aromatic N) is 2. The summed E-state index contributed by atoms with van der Waals surface area (Å²) in [5.74, 6) is -1.01.